The van der Waals surface area contributed by atoms with Crippen molar-refractivity contribution in [2.45, 2.75) is 18.9 Å². The highest BCUT2D eigenvalue weighted by molar-refractivity contribution is 7.10. The molecule has 0 saturated carbocycles. The van der Waals surface area contributed by atoms with Crippen molar-refractivity contribution in [1.29, 1.82) is 0 Å². The molecule has 1 atom stereocenters. The maximum Gasteiger partial charge on any atom is 0.222 e. The SMILES string of the molecule is O=C(CC(c1cccs1)n1cccc1)NCCc1ccccc1. The minimum Gasteiger partial charge on any atom is -0.356 e. The first-order chi connectivity index (χ1) is 11.3. The summed E-state index contributed by atoms with van der Waals surface area (Å²) in [4.78, 5) is 13.5. The smallest absolute Gasteiger partial charge is 0.222 e. The Labute approximate surface area is 140 Å². The van der Waals surface area contributed by atoms with Gasteiger partial charge in [0.25, 0.3) is 0 Å². The molecule has 2 heterocycles. The third kappa shape index (κ3) is 4.33. The second-order valence-corrected chi connectivity index (χ2v) is 6.43. The molecule has 4 heteroatoms. The predicted octanol–water partition coefficient (Wildman–Crippen LogP) is 3.89. The summed E-state index contributed by atoms with van der Waals surface area (Å²) in [5, 5.41) is 5.09. The maximum absolute atomic E-state index is 12.3. The van der Waals surface area contributed by atoms with Crippen LogP contribution in [0.4, 0.5) is 0 Å². The molecular weight excluding hydrogens is 304 g/mol. The van der Waals surface area contributed by atoms with Crippen molar-refractivity contribution < 1.29 is 4.79 Å². The zero-order valence-electron chi connectivity index (χ0n) is 12.9. The van der Waals surface area contributed by atoms with E-state index in [9.17, 15) is 4.79 Å². The summed E-state index contributed by atoms with van der Waals surface area (Å²) in [7, 11) is 0. The summed E-state index contributed by atoms with van der Waals surface area (Å²) in [5.74, 6) is 0.0908. The Morgan fingerprint density at radius 3 is 2.52 bits per heavy atom. The van der Waals surface area contributed by atoms with Gasteiger partial charge < -0.3 is 9.88 Å². The van der Waals surface area contributed by atoms with E-state index in [0.717, 1.165) is 6.42 Å². The summed E-state index contributed by atoms with van der Waals surface area (Å²) in [5.41, 5.74) is 1.24. The van der Waals surface area contributed by atoms with Gasteiger partial charge in [-0.25, -0.2) is 0 Å². The van der Waals surface area contributed by atoms with E-state index in [1.165, 1.54) is 10.4 Å². The third-order valence-corrected chi connectivity index (χ3v) is 4.79. The highest BCUT2D eigenvalue weighted by atomic mass is 32.1. The standard InChI is InChI=1S/C19H20N2OS/c22-19(20-11-10-16-7-2-1-3-8-16)15-17(18-9-6-14-23-18)21-12-4-5-13-21/h1-9,12-14,17H,10-11,15H2,(H,20,22). The monoisotopic (exact) mass is 324 g/mol. The summed E-state index contributed by atoms with van der Waals surface area (Å²) < 4.78 is 2.10. The second-order valence-electron chi connectivity index (χ2n) is 5.45. The largest absolute Gasteiger partial charge is 0.356 e. The average Bonchev–Trinajstić information content (AvgIpc) is 3.27. The number of benzene rings is 1. The van der Waals surface area contributed by atoms with E-state index >= 15 is 0 Å². The van der Waals surface area contributed by atoms with E-state index in [1.807, 2.05) is 48.8 Å². The van der Waals surface area contributed by atoms with Crippen LogP contribution in [0.3, 0.4) is 0 Å². The number of nitrogens with one attached hydrogen (secondary N) is 1. The normalized spacial score (nSPS) is 12.0. The zero-order valence-corrected chi connectivity index (χ0v) is 13.7. The number of carbonyl (C=O) groups excluding carboxylic acids is 1. The summed E-state index contributed by atoms with van der Waals surface area (Å²) in [6.45, 7) is 0.672. The van der Waals surface area contributed by atoms with Crippen LogP contribution in [0.25, 0.3) is 0 Å². The van der Waals surface area contributed by atoms with Crippen LogP contribution >= 0.6 is 11.3 Å². The van der Waals surface area contributed by atoms with Crippen LogP contribution in [0.2, 0.25) is 0 Å². The average molecular weight is 324 g/mol. The molecule has 3 rings (SSSR count). The van der Waals surface area contributed by atoms with E-state index in [0.29, 0.717) is 13.0 Å². The molecule has 1 aromatic carbocycles. The molecule has 3 nitrogen and oxygen atoms in total. The number of carbonyl (C=O) groups is 1. The van der Waals surface area contributed by atoms with Gasteiger partial charge in [-0.3, -0.25) is 4.79 Å². The predicted molar refractivity (Wildman–Crippen MR) is 94.7 cm³/mol. The molecule has 0 radical (unpaired) electrons. The number of amides is 1. The first-order valence-corrected chi connectivity index (χ1v) is 8.67. The Morgan fingerprint density at radius 2 is 1.83 bits per heavy atom. The van der Waals surface area contributed by atoms with Crippen molar-refractivity contribution in [1.82, 2.24) is 9.88 Å². The molecule has 1 unspecified atom stereocenters. The molecule has 0 spiro atoms. The molecule has 0 aliphatic carbocycles. The molecule has 23 heavy (non-hydrogen) atoms. The molecule has 1 amide bonds. The number of hydrogen-bond acceptors (Lipinski definition) is 2. The fourth-order valence-corrected chi connectivity index (χ4v) is 3.46. The van der Waals surface area contributed by atoms with Crippen molar-refractivity contribution in [3.05, 3.63) is 82.8 Å². The summed E-state index contributed by atoms with van der Waals surface area (Å²) in [6, 6.07) is 18.4. The van der Waals surface area contributed by atoms with Gasteiger partial charge in [0.2, 0.25) is 5.91 Å². The van der Waals surface area contributed by atoms with Gasteiger partial charge in [0.15, 0.2) is 0 Å². The van der Waals surface area contributed by atoms with Crippen LogP contribution in [0, 0.1) is 0 Å². The molecule has 3 aromatic rings. The van der Waals surface area contributed by atoms with Gasteiger partial charge in [0, 0.05) is 23.8 Å². The lowest BCUT2D eigenvalue weighted by atomic mass is 10.1. The molecule has 118 valence electrons. The van der Waals surface area contributed by atoms with Crippen molar-refractivity contribution in [2.24, 2.45) is 0 Å². The molecule has 0 bridgehead atoms. The first-order valence-electron chi connectivity index (χ1n) is 7.79. The number of thiophene rings is 1. The highest BCUT2D eigenvalue weighted by Gasteiger charge is 2.17. The zero-order chi connectivity index (χ0) is 15.9. The Hall–Kier alpha value is -2.33. The maximum atomic E-state index is 12.3. The molecule has 0 saturated heterocycles. The van der Waals surface area contributed by atoms with Crippen LogP contribution in [-0.2, 0) is 11.2 Å². The fraction of sp³-hybridized carbons (Fsp3) is 0.211. The van der Waals surface area contributed by atoms with Gasteiger partial charge in [-0.2, -0.15) is 0 Å². The van der Waals surface area contributed by atoms with Gasteiger partial charge in [-0.05, 0) is 35.6 Å². The Bertz CT molecular complexity index is 671. The molecule has 0 aliphatic rings. The molecular formula is C19H20N2OS. The third-order valence-electron chi connectivity index (χ3n) is 3.82. The van der Waals surface area contributed by atoms with E-state index in [-0.39, 0.29) is 11.9 Å². The second kappa shape index (κ2) is 7.79. The minimum absolute atomic E-state index is 0.0710. The van der Waals surface area contributed by atoms with Crippen LogP contribution in [0.15, 0.2) is 72.4 Å². The van der Waals surface area contributed by atoms with Crippen molar-refractivity contribution in [2.75, 3.05) is 6.54 Å². The fourth-order valence-electron chi connectivity index (χ4n) is 2.63. The summed E-state index contributed by atoms with van der Waals surface area (Å²) in [6.07, 6.45) is 5.35. The molecule has 1 N–H and O–H groups in total. The lowest BCUT2D eigenvalue weighted by molar-refractivity contribution is -0.121. The van der Waals surface area contributed by atoms with Gasteiger partial charge in [-0.15, -0.1) is 11.3 Å². The van der Waals surface area contributed by atoms with E-state index < -0.39 is 0 Å². The molecule has 0 fully saturated rings. The lowest BCUT2D eigenvalue weighted by Crippen LogP contribution is -2.28. The number of rotatable bonds is 7. The summed E-state index contributed by atoms with van der Waals surface area (Å²) >= 11 is 1.69. The van der Waals surface area contributed by atoms with Gasteiger partial charge in [0.1, 0.15) is 0 Å². The first kappa shape index (κ1) is 15.6. The Balaban J connectivity index is 1.56. The number of hydrogen-bond donors (Lipinski definition) is 1. The molecule has 0 aliphatic heterocycles. The van der Waals surface area contributed by atoms with Crippen molar-refractivity contribution >= 4 is 17.2 Å². The molecule has 2 aromatic heterocycles. The van der Waals surface area contributed by atoms with Crippen LogP contribution in [0.5, 0.6) is 0 Å². The van der Waals surface area contributed by atoms with Crippen LogP contribution < -0.4 is 5.32 Å². The van der Waals surface area contributed by atoms with Crippen molar-refractivity contribution in [3.8, 4) is 0 Å². The van der Waals surface area contributed by atoms with Crippen LogP contribution in [-0.4, -0.2) is 17.0 Å². The quantitative estimate of drug-likeness (QED) is 0.703. The lowest BCUT2D eigenvalue weighted by Gasteiger charge is -2.17. The number of aromatic nitrogens is 1. The van der Waals surface area contributed by atoms with Gasteiger partial charge >= 0.3 is 0 Å². The van der Waals surface area contributed by atoms with E-state index in [4.69, 9.17) is 0 Å². The Kier molecular flexibility index (Phi) is 5.27. The van der Waals surface area contributed by atoms with Gasteiger partial charge in [0.05, 0.1) is 12.5 Å². The Morgan fingerprint density at radius 1 is 1.04 bits per heavy atom. The number of nitrogens with zero attached hydrogens (tertiary/aromatic N) is 1. The van der Waals surface area contributed by atoms with Crippen LogP contribution in [0.1, 0.15) is 22.9 Å². The van der Waals surface area contributed by atoms with E-state index in [1.54, 1.807) is 11.3 Å². The topological polar surface area (TPSA) is 34.0 Å². The van der Waals surface area contributed by atoms with E-state index in [2.05, 4.69) is 33.5 Å². The minimum atomic E-state index is 0.0710. The van der Waals surface area contributed by atoms with Gasteiger partial charge in [-0.1, -0.05) is 36.4 Å². The van der Waals surface area contributed by atoms with Crippen molar-refractivity contribution in [3.63, 3.8) is 0 Å². The highest BCUT2D eigenvalue weighted by Crippen LogP contribution is 2.26.